The van der Waals surface area contributed by atoms with E-state index in [1.807, 2.05) is 58.0 Å². The van der Waals surface area contributed by atoms with Gasteiger partial charge in [-0.15, -0.1) is 0 Å². The molecule has 2 aromatic carbocycles. The van der Waals surface area contributed by atoms with Gasteiger partial charge in [0.25, 0.3) is 0 Å². The molecule has 35 heavy (non-hydrogen) atoms. The van der Waals surface area contributed by atoms with Crippen LogP contribution in [0.25, 0.3) is 11.1 Å². The van der Waals surface area contributed by atoms with Crippen molar-refractivity contribution in [1.29, 1.82) is 5.26 Å². The van der Waals surface area contributed by atoms with Crippen LogP contribution in [0.1, 0.15) is 57.2 Å². The summed E-state index contributed by atoms with van der Waals surface area (Å²) in [6, 6.07) is 11.0. The first kappa shape index (κ1) is 28.0. The number of aliphatic imine (C=N–C) groups is 2. The second kappa shape index (κ2) is 13.6. The number of hydrogen-bond donors (Lipinski definition) is 1. The number of benzene rings is 2. The molecule has 2 aromatic rings. The molecule has 4 nitrogen and oxygen atoms in total. The summed E-state index contributed by atoms with van der Waals surface area (Å²) in [5.41, 5.74) is 4.80. The Morgan fingerprint density at radius 3 is 2.49 bits per heavy atom. The van der Waals surface area contributed by atoms with Gasteiger partial charge in [0.1, 0.15) is 5.82 Å². The minimum atomic E-state index is -0.503. The topological polar surface area (TPSA) is 60.5 Å². The molecule has 1 N–H and O–H groups in total. The van der Waals surface area contributed by atoms with Gasteiger partial charge in [-0.25, -0.2) is 9.38 Å². The van der Waals surface area contributed by atoms with Gasteiger partial charge in [-0.2, -0.15) is 5.26 Å². The summed E-state index contributed by atoms with van der Waals surface area (Å²) < 4.78 is 14.6. The zero-order chi connectivity index (χ0) is 26.0. The fraction of sp³-hybridized carbons (Fsp3) is 0.250. The number of anilines is 1. The first-order valence-electron chi connectivity index (χ1n) is 11.2. The maximum Gasteiger partial charge on any atom is 0.151 e. The van der Waals surface area contributed by atoms with Gasteiger partial charge in [-0.05, 0) is 68.0 Å². The Hall–Kier alpha value is -3.20. The number of aryl methyl sites for hydroxylation is 1. The number of halogens is 3. The molecule has 0 aromatic heterocycles. The van der Waals surface area contributed by atoms with E-state index < -0.39 is 5.82 Å². The van der Waals surface area contributed by atoms with Crippen LogP contribution in [0.2, 0.25) is 10.0 Å². The Morgan fingerprint density at radius 2 is 1.86 bits per heavy atom. The number of amidine groups is 1. The molecule has 7 heteroatoms. The van der Waals surface area contributed by atoms with Crippen molar-refractivity contribution in [3.05, 3.63) is 87.9 Å². The Bertz CT molecular complexity index is 1250. The van der Waals surface area contributed by atoms with Crippen LogP contribution >= 0.6 is 23.2 Å². The molecule has 0 amide bonds. The van der Waals surface area contributed by atoms with Gasteiger partial charge in [0.05, 0.1) is 21.8 Å². The van der Waals surface area contributed by atoms with E-state index in [9.17, 15) is 4.39 Å². The molecule has 0 atom stereocenters. The highest BCUT2D eigenvalue weighted by atomic mass is 35.5. The van der Waals surface area contributed by atoms with Crippen LogP contribution in [0.5, 0.6) is 0 Å². The highest BCUT2D eigenvalue weighted by Crippen LogP contribution is 2.29. The van der Waals surface area contributed by atoms with Gasteiger partial charge in [-0.3, -0.25) is 4.99 Å². The summed E-state index contributed by atoms with van der Waals surface area (Å²) in [6.07, 6.45) is 6.67. The van der Waals surface area contributed by atoms with Gasteiger partial charge < -0.3 is 5.32 Å². The predicted octanol–water partition coefficient (Wildman–Crippen LogP) is 8.88. The van der Waals surface area contributed by atoms with Crippen molar-refractivity contribution in [1.82, 2.24) is 0 Å². The highest BCUT2D eigenvalue weighted by Gasteiger charge is 2.13. The zero-order valence-corrected chi connectivity index (χ0v) is 21.9. The summed E-state index contributed by atoms with van der Waals surface area (Å²) in [5.74, 6) is 0.0404. The maximum absolute atomic E-state index is 14.6. The van der Waals surface area contributed by atoms with Crippen LogP contribution in [0.15, 0.2) is 65.4 Å². The van der Waals surface area contributed by atoms with Crippen LogP contribution < -0.4 is 5.32 Å². The normalized spacial score (nSPS) is 12.7. The number of allylic oxidation sites excluding steroid dienone is 3. The van der Waals surface area contributed by atoms with Crippen molar-refractivity contribution in [2.75, 3.05) is 5.32 Å². The van der Waals surface area contributed by atoms with E-state index in [1.54, 1.807) is 24.5 Å². The second-order valence-electron chi connectivity index (χ2n) is 7.96. The molecule has 0 heterocycles. The Kier molecular flexibility index (Phi) is 10.9. The average Bonchev–Trinajstić information content (AvgIpc) is 2.82. The fourth-order valence-corrected chi connectivity index (χ4v) is 3.80. The van der Waals surface area contributed by atoms with E-state index in [1.165, 1.54) is 0 Å². The lowest BCUT2D eigenvalue weighted by Crippen LogP contribution is -2.20. The number of nitriles is 1. The van der Waals surface area contributed by atoms with E-state index in [0.717, 1.165) is 23.2 Å². The number of hydrogen-bond acceptors (Lipinski definition) is 3. The third-order valence-corrected chi connectivity index (χ3v) is 5.81. The molecule has 2 rings (SSSR count). The average molecular weight is 511 g/mol. The Morgan fingerprint density at radius 1 is 1.14 bits per heavy atom. The van der Waals surface area contributed by atoms with E-state index >= 15 is 0 Å². The van der Waals surface area contributed by atoms with Gasteiger partial charge in [0.2, 0.25) is 0 Å². The SMILES string of the molecule is C=C(C)c1ccc(NC(=N/C=C\CC)/C(C)=N/C=C(\C)c2ccc(CCC#N)c(F)c2Cl)cc1Cl. The number of nitrogens with one attached hydrogen (secondary N) is 1. The summed E-state index contributed by atoms with van der Waals surface area (Å²) in [6.45, 7) is 11.5. The standard InChI is InChI=1S/C28H29Cl2FN4/c1-6-7-15-33-28(35-22-11-13-23(18(2)3)25(29)16-22)20(5)34-17-19(4)24-12-10-21(9-8-14-32)27(31)26(24)30/h7,10-13,15-17H,2,6,8-9H2,1,3-5H3,(H,33,35)/b15-7-,19-17+,34-20+. The van der Waals surface area contributed by atoms with Crippen molar-refractivity contribution in [3.63, 3.8) is 0 Å². The zero-order valence-electron chi connectivity index (χ0n) is 20.4. The molecule has 0 aliphatic rings. The Labute approximate surface area is 217 Å². The Balaban J connectivity index is 2.35. The summed E-state index contributed by atoms with van der Waals surface area (Å²) in [7, 11) is 0. The lowest BCUT2D eigenvalue weighted by atomic mass is 10.0. The fourth-order valence-electron chi connectivity index (χ4n) is 3.13. The third kappa shape index (κ3) is 7.92. The number of rotatable bonds is 9. The van der Waals surface area contributed by atoms with Crippen molar-refractivity contribution in [2.45, 2.75) is 47.0 Å². The van der Waals surface area contributed by atoms with Gasteiger partial charge in [0, 0.05) is 30.1 Å². The van der Waals surface area contributed by atoms with Gasteiger partial charge in [-0.1, -0.05) is 61.0 Å². The summed E-state index contributed by atoms with van der Waals surface area (Å²) >= 11 is 12.7. The van der Waals surface area contributed by atoms with E-state index in [4.69, 9.17) is 28.5 Å². The molecule has 0 fully saturated rings. The molecule has 0 bridgehead atoms. The van der Waals surface area contributed by atoms with Gasteiger partial charge >= 0.3 is 0 Å². The van der Waals surface area contributed by atoms with Crippen LogP contribution in [0.4, 0.5) is 10.1 Å². The monoisotopic (exact) mass is 510 g/mol. The molecule has 0 spiro atoms. The molecular formula is C28H29Cl2FN4. The first-order valence-corrected chi connectivity index (χ1v) is 12.0. The van der Waals surface area contributed by atoms with E-state index in [-0.39, 0.29) is 11.4 Å². The smallest absolute Gasteiger partial charge is 0.151 e. The van der Waals surface area contributed by atoms with Crippen molar-refractivity contribution < 1.29 is 4.39 Å². The maximum atomic E-state index is 14.6. The van der Waals surface area contributed by atoms with Crippen molar-refractivity contribution in [2.24, 2.45) is 9.98 Å². The lowest BCUT2D eigenvalue weighted by molar-refractivity contribution is 0.610. The molecule has 0 aliphatic carbocycles. The first-order chi connectivity index (χ1) is 16.7. The molecular weight excluding hydrogens is 482 g/mol. The van der Waals surface area contributed by atoms with Crippen LogP contribution in [0, 0.1) is 17.1 Å². The highest BCUT2D eigenvalue weighted by molar-refractivity contribution is 6.45. The molecule has 0 saturated carbocycles. The van der Waals surface area contributed by atoms with E-state index in [2.05, 4.69) is 21.9 Å². The van der Waals surface area contributed by atoms with Crippen molar-refractivity contribution in [3.8, 4) is 6.07 Å². The quantitative estimate of drug-likeness (QED) is 0.270. The van der Waals surface area contributed by atoms with Crippen LogP contribution in [-0.2, 0) is 6.42 Å². The minimum Gasteiger partial charge on any atom is -0.339 e. The second-order valence-corrected chi connectivity index (χ2v) is 8.74. The molecule has 0 aliphatic heterocycles. The van der Waals surface area contributed by atoms with Crippen molar-refractivity contribution >= 4 is 51.6 Å². The molecule has 0 saturated heterocycles. The minimum absolute atomic E-state index is 0.0205. The van der Waals surface area contributed by atoms with E-state index in [0.29, 0.717) is 39.7 Å². The molecule has 0 unspecified atom stereocenters. The predicted molar refractivity (Wildman–Crippen MR) is 149 cm³/mol. The summed E-state index contributed by atoms with van der Waals surface area (Å²) in [5, 5.41) is 12.6. The molecule has 0 radical (unpaired) electrons. The number of nitrogens with zero attached hydrogens (tertiary/aromatic N) is 3. The third-order valence-electron chi connectivity index (χ3n) is 5.12. The largest absolute Gasteiger partial charge is 0.339 e. The van der Waals surface area contributed by atoms with Gasteiger partial charge in [0.15, 0.2) is 5.84 Å². The molecule has 182 valence electrons. The summed E-state index contributed by atoms with van der Waals surface area (Å²) in [4.78, 5) is 9.05. The van der Waals surface area contributed by atoms with Crippen LogP contribution in [0.3, 0.4) is 0 Å². The van der Waals surface area contributed by atoms with Crippen LogP contribution in [-0.4, -0.2) is 11.5 Å². The lowest BCUT2D eigenvalue weighted by Gasteiger charge is -2.12.